The summed E-state index contributed by atoms with van der Waals surface area (Å²) in [6.45, 7) is -0.0822. The Labute approximate surface area is 214 Å². The smallest absolute Gasteiger partial charge is 0.295 e. The van der Waals surface area contributed by atoms with Crippen molar-refractivity contribution in [2.75, 3.05) is 4.90 Å². The summed E-state index contributed by atoms with van der Waals surface area (Å²) in [6, 6.07) is 18.7. The van der Waals surface area contributed by atoms with Crippen molar-refractivity contribution in [3.8, 4) is 0 Å². The van der Waals surface area contributed by atoms with Gasteiger partial charge in [-0.25, -0.2) is 26.3 Å². The van der Waals surface area contributed by atoms with Gasteiger partial charge in [-0.15, -0.1) is 0 Å². The molecule has 0 radical (unpaired) electrons. The van der Waals surface area contributed by atoms with Gasteiger partial charge in [0.2, 0.25) is 18.6 Å². The Morgan fingerprint density at radius 3 is 1.84 bits per heavy atom. The summed E-state index contributed by atoms with van der Waals surface area (Å²) < 4.78 is 81.5. The van der Waals surface area contributed by atoms with Gasteiger partial charge >= 0.3 is 0 Å². The highest BCUT2D eigenvalue weighted by atomic mass is 19.3. The molecule has 0 aliphatic rings. The third-order valence-corrected chi connectivity index (χ3v) is 5.68. The van der Waals surface area contributed by atoms with Gasteiger partial charge in [-0.1, -0.05) is 60.7 Å². The molecule has 202 valence electrons. The second kappa shape index (κ2) is 12.9. The zero-order valence-electron chi connectivity index (χ0n) is 19.7. The minimum atomic E-state index is -3.64. The Kier molecular flexibility index (Phi) is 9.69. The molecule has 2 unspecified atom stereocenters. The molecule has 1 N–H and O–H groups in total. The highest BCUT2D eigenvalue weighted by Crippen LogP contribution is 2.39. The molecule has 38 heavy (non-hydrogen) atoms. The molecule has 0 fully saturated rings. The monoisotopic (exact) mass is 539 g/mol. The van der Waals surface area contributed by atoms with Crippen LogP contribution in [0.25, 0.3) is 0 Å². The van der Waals surface area contributed by atoms with E-state index in [1.165, 1.54) is 10.2 Å². The van der Waals surface area contributed by atoms with E-state index >= 15 is 4.39 Å². The summed E-state index contributed by atoms with van der Waals surface area (Å²) in [7, 11) is 0. The highest BCUT2D eigenvalue weighted by Gasteiger charge is 2.35. The second-order valence-corrected chi connectivity index (χ2v) is 8.35. The molecule has 0 aromatic heterocycles. The molecule has 0 bridgehead atoms. The molecular formula is C26H23F6N3O3. The van der Waals surface area contributed by atoms with E-state index in [-0.39, 0.29) is 13.1 Å². The van der Waals surface area contributed by atoms with Crippen LogP contribution < -0.4 is 10.2 Å². The zero-order valence-corrected chi connectivity index (χ0v) is 19.7. The maximum Gasteiger partial charge on any atom is 0.295 e. The van der Waals surface area contributed by atoms with Crippen LogP contribution in [0.4, 0.5) is 37.7 Å². The van der Waals surface area contributed by atoms with E-state index in [0.29, 0.717) is 11.1 Å². The van der Waals surface area contributed by atoms with Gasteiger partial charge in [0.05, 0.1) is 10.8 Å². The maximum absolute atomic E-state index is 16.1. The van der Waals surface area contributed by atoms with Gasteiger partial charge in [-0.2, -0.15) is 0 Å². The van der Waals surface area contributed by atoms with Gasteiger partial charge in [-0.3, -0.25) is 14.9 Å². The van der Waals surface area contributed by atoms with E-state index in [4.69, 9.17) is 0 Å². The van der Waals surface area contributed by atoms with Crippen molar-refractivity contribution < 1.29 is 36.1 Å². The van der Waals surface area contributed by atoms with Gasteiger partial charge in [0.15, 0.2) is 11.5 Å². The number of hydrogen-bond acceptors (Lipinski definition) is 4. The van der Waals surface area contributed by atoms with E-state index in [2.05, 4.69) is 0 Å². The fourth-order valence-corrected chi connectivity index (χ4v) is 3.96. The molecule has 6 nitrogen and oxygen atoms in total. The first-order chi connectivity index (χ1) is 18.1. The maximum atomic E-state index is 16.1. The lowest BCUT2D eigenvalue weighted by Crippen LogP contribution is -2.40. The standard InChI is InChI=1S/C26H23F6N3O3/c27-21(28)13-19(26(36)33-25(32)24(30)31)18-11-12-20(35(37)38)23(22(18)29)34(14-16-7-3-1-4-8-16)15-17-9-5-2-6-10-17/h1-12,19,21,24-25H,13-15H2,(H,33,36). The van der Waals surface area contributed by atoms with Crippen LogP contribution >= 0.6 is 0 Å². The quantitative estimate of drug-likeness (QED) is 0.126. The number of nitrogens with zero attached hydrogens (tertiary/aromatic N) is 2. The number of benzene rings is 3. The number of halogens is 6. The van der Waals surface area contributed by atoms with E-state index in [1.807, 2.05) is 0 Å². The highest BCUT2D eigenvalue weighted by molar-refractivity contribution is 5.85. The molecule has 2 atom stereocenters. The fourth-order valence-electron chi connectivity index (χ4n) is 3.96. The van der Waals surface area contributed by atoms with E-state index < -0.39 is 65.1 Å². The van der Waals surface area contributed by atoms with Crippen LogP contribution in [0.3, 0.4) is 0 Å². The number of nitro benzene ring substituents is 1. The Morgan fingerprint density at radius 2 is 1.39 bits per heavy atom. The van der Waals surface area contributed by atoms with Gasteiger partial charge in [0.1, 0.15) is 0 Å². The predicted molar refractivity (Wildman–Crippen MR) is 128 cm³/mol. The van der Waals surface area contributed by atoms with Crippen molar-refractivity contribution in [3.63, 3.8) is 0 Å². The third kappa shape index (κ3) is 7.24. The van der Waals surface area contributed by atoms with Crippen LogP contribution in [-0.2, 0) is 17.9 Å². The Balaban J connectivity index is 2.15. The number of nitrogens with one attached hydrogen (secondary N) is 1. The molecule has 0 aliphatic carbocycles. The normalized spacial score (nSPS) is 12.8. The lowest BCUT2D eigenvalue weighted by Gasteiger charge is -2.27. The molecule has 3 aromatic carbocycles. The van der Waals surface area contributed by atoms with E-state index in [0.717, 1.165) is 12.1 Å². The molecule has 3 aromatic rings. The molecule has 0 heterocycles. The number of carbonyl (C=O) groups excluding carboxylic acids is 1. The molecule has 0 aliphatic heterocycles. The fraction of sp³-hybridized carbons (Fsp3) is 0.269. The average Bonchev–Trinajstić information content (AvgIpc) is 2.87. The van der Waals surface area contributed by atoms with Crippen molar-refractivity contribution >= 4 is 17.3 Å². The van der Waals surface area contributed by atoms with Crippen LogP contribution in [-0.4, -0.2) is 30.0 Å². The summed E-state index contributed by atoms with van der Waals surface area (Å²) in [4.78, 5) is 24.8. The van der Waals surface area contributed by atoms with E-state index in [9.17, 15) is 36.9 Å². The first-order valence-electron chi connectivity index (χ1n) is 11.4. The molecule has 0 saturated heterocycles. The van der Waals surface area contributed by atoms with Crippen LogP contribution in [0.2, 0.25) is 0 Å². The number of anilines is 1. The molecule has 0 saturated carbocycles. The van der Waals surface area contributed by atoms with Crippen molar-refractivity contribution in [2.45, 2.75) is 44.6 Å². The Morgan fingerprint density at radius 1 is 0.868 bits per heavy atom. The summed E-state index contributed by atoms with van der Waals surface area (Å²) in [6.07, 6.45) is -11.3. The largest absolute Gasteiger partial charge is 0.355 e. The SMILES string of the molecule is O=C(NC(F)C(F)F)C(CC(F)F)c1ccc([N+](=O)[O-])c(N(Cc2ccccc2)Cc2ccccc2)c1F. The van der Waals surface area contributed by atoms with Gasteiger partial charge in [0, 0.05) is 31.1 Å². The van der Waals surface area contributed by atoms with Gasteiger partial charge < -0.3 is 10.2 Å². The van der Waals surface area contributed by atoms with Crippen molar-refractivity contribution in [3.05, 3.63) is 105 Å². The topological polar surface area (TPSA) is 75.5 Å². The number of alkyl halides is 5. The predicted octanol–water partition coefficient (Wildman–Crippen LogP) is 6.36. The Hall–Kier alpha value is -4.09. The van der Waals surface area contributed by atoms with E-state index in [1.54, 1.807) is 60.7 Å². The number of hydrogen-bond donors (Lipinski definition) is 1. The second-order valence-electron chi connectivity index (χ2n) is 8.35. The molecule has 0 spiro atoms. The van der Waals surface area contributed by atoms with Crippen LogP contribution in [0.1, 0.15) is 29.0 Å². The van der Waals surface area contributed by atoms with Crippen molar-refractivity contribution in [2.24, 2.45) is 0 Å². The minimum absolute atomic E-state index is 0.0411. The molecule has 3 rings (SSSR count). The lowest BCUT2D eigenvalue weighted by atomic mass is 9.92. The van der Waals surface area contributed by atoms with Crippen molar-refractivity contribution in [1.82, 2.24) is 5.32 Å². The molecular weight excluding hydrogens is 516 g/mol. The lowest BCUT2D eigenvalue weighted by molar-refractivity contribution is -0.384. The first kappa shape index (κ1) is 28.5. The zero-order chi connectivity index (χ0) is 27.8. The molecule has 12 heteroatoms. The average molecular weight is 539 g/mol. The summed E-state index contributed by atoms with van der Waals surface area (Å²) in [5.41, 5.74) is -0.720. The van der Waals surface area contributed by atoms with Crippen molar-refractivity contribution in [1.29, 1.82) is 0 Å². The van der Waals surface area contributed by atoms with Crippen LogP contribution in [0, 0.1) is 15.9 Å². The Bertz CT molecular complexity index is 1190. The van der Waals surface area contributed by atoms with Crippen LogP contribution in [0.5, 0.6) is 0 Å². The summed E-state index contributed by atoms with van der Waals surface area (Å²) in [5, 5.41) is 13.1. The molecule has 1 amide bonds. The van der Waals surface area contributed by atoms with Gasteiger partial charge in [0.25, 0.3) is 12.1 Å². The number of amides is 1. The summed E-state index contributed by atoms with van der Waals surface area (Å²) in [5.74, 6) is -5.06. The minimum Gasteiger partial charge on any atom is -0.355 e. The van der Waals surface area contributed by atoms with Gasteiger partial charge in [-0.05, 0) is 17.2 Å². The third-order valence-electron chi connectivity index (χ3n) is 5.68. The number of carbonyl (C=O) groups is 1. The van der Waals surface area contributed by atoms with Crippen LogP contribution in [0.15, 0.2) is 72.8 Å². The number of nitro groups is 1. The number of rotatable bonds is 12. The summed E-state index contributed by atoms with van der Waals surface area (Å²) >= 11 is 0. The first-order valence-corrected chi connectivity index (χ1v) is 11.4.